The standard InChI is InChI=1S/C18H27N5O/c1-13-17(14(2)21-20-13)16-7-5-4-6-9-23(16)18(24)19-11-15-8-10-22(3)12-15/h8,10,12,16H,4-7,9,11H2,1-3H3,(H,19,24)(H,20,21)/t16-/m1/s1. The van der Waals surface area contributed by atoms with Gasteiger partial charge in [-0.1, -0.05) is 12.8 Å². The number of H-pyrrole nitrogens is 1. The lowest BCUT2D eigenvalue weighted by molar-refractivity contribution is 0.175. The molecule has 0 spiro atoms. The van der Waals surface area contributed by atoms with Gasteiger partial charge in [0.05, 0.1) is 11.7 Å². The van der Waals surface area contributed by atoms with Gasteiger partial charge in [0.2, 0.25) is 0 Å². The van der Waals surface area contributed by atoms with E-state index < -0.39 is 0 Å². The van der Waals surface area contributed by atoms with Crippen LogP contribution in [0.25, 0.3) is 0 Å². The molecule has 2 aromatic heterocycles. The number of nitrogens with one attached hydrogen (secondary N) is 2. The molecule has 1 aliphatic heterocycles. The molecule has 0 aromatic carbocycles. The van der Waals surface area contributed by atoms with E-state index in [-0.39, 0.29) is 12.1 Å². The molecule has 1 atom stereocenters. The minimum atomic E-state index is 0.0192. The molecule has 2 N–H and O–H groups in total. The van der Waals surface area contributed by atoms with Crippen LogP contribution in [0.4, 0.5) is 4.79 Å². The number of rotatable bonds is 3. The highest BCUT2D eigenvalue weighted by Crippen LogP contribution is 2.33. The average Bonchev–Trinajstić information content (AvgIpc) is 3.02. The minimum Gasteiger partial charge on any atom is -0.357 e. The van der Waals surface area contributed by atoms with Gasteiger partial charge in [-0.3, -0.25) is 5.10 Å². The molecule has 3 rings (SSSR count). The van der Waals surface area contributed by atoms with Crippen molar-refractivity contribution < 1.29 is 4.79 Å². The summed E-state index contributed by atoms with van der Waals surface area (Å²) >= 11 is 0. The topological polar surface area (TPSA) is 66.0 Å². The van der Waals surface area contributed by atoms with Crippen molar-refractivity contribution in [3.8, 4) is 0 Å². The molecular formula is C18H27N5O. The Bertz CT molecular complexity index is 683. The van der Waals surface area contributed by atoms with E-state index in [1.54, 1.807) is 0 Å². The number of aromatic amines is 1. The second-order valence-corrected chi connectivity index (χ2v) is 6.75. The predicted molar refractivity (Wildman–Crippen MR) is 93.6 cm³/mol. The molecule has 6 nitrogen and oxygen atoms in total. The van der Waals surface area contributed by atoms with Crippen molar-refractivity contribution in [3.05, 3.63) is 41.0 Å². The van der Waals surface area contributed by atoms with Crippen LogP contribution in [0.1, 0.15) is 54.2 Å². The van der Waals surface area contributed by atoms with E-state index in [9.17, 15) is 4.79 Å². The third kappa shape index (κ3) is 3.47. The summed E-state index contributed by atoms with van der Waals surface area (Å²) in [6.45, 7) is 5.42. The van der Waals surface area contributed by atoms with E-state index in [0.717, 1.165) is 42.8 Å². The molecule has 6 heteroatoms. The zero-order valence-electron chi connectivity index (χ0n) is 14.8. The smallest absolute Gasteiger partial charge is 0.318 e. The van der Waals surface area contributed by atoms with E-state index >= 15 is 0 Å². The van der Waals surface area contributed by atoms with E-state index in [0.29, 0.717) is 6.54 Å². The SMILES string of the molecule is Cc1n[nH]c(C)c1[C@H]1CCCCCN1C(=O)NCc1ccn(C)c1. The number of hydrogen-bond acceptors (Lipinski definition) is 2. The first-order chi connectivity index (χ1) is 11.6. The van der Waals surface area contributed by atoms with Crippen LogP contribution in [-0.2, 0) is 13.6 Å². The third-order valence-electron chi connectivity index (χ3n) is 4.87. The first-order valence-corrected chi connectivity index (χ1v) is 8.73. The molecule has 3 heterocycles. The fourth-order valence-corrected chi connectivity index (χ4v) is 3.65. The molecule has 24 heavy (non-hydrogen) atoms. The van der Waals surface area contributed by atoms with Crippen molar-refractivity contribution in [3.63, 3.8) is 0 Å². The molecule has 0 bridgehead atoms. The number of carbonyl (C=O) groups excluding carboxylic acids is 1. The summed E-state index contributed by atoms with van der Waals surface area (Å²) in [7, 11) is 1.99. The summed E-state index contributed by atoms with van der Waals surface area (Å²) in [4.78, 5) is 14.8. The van der Waals surface area contributed by atoms with Crippen LogP contribution in [-0.4, -0.2) is 32.2 Å². The second kappa shape index (κ2) is 7.11. The quantitative estimate of drug-likeness (QED) is 0.908. The van der Waals surface area contributed by atoms with Crippen molar-refractivity contribution in [2.45, 2.75) is 52.1 Å². The predicted octanol–water partition coefficient (Wildman–Crippen LogP) is 3.19. The fourth-order valence-electron chi connectivity index (χ4n) is 3.65. The third-order valence-corrected chi connectivity index (χ3v) is 4.87. The van der Waals surface area contributed by atoms with Crippen LogP contribution in [0.5, 0.6) is 0 Å². The zero-order chi connectivity index (χ0) is 17.1. The van der Waals surface area contributed by atoms with Crippen molar-refractivity contribution in [2.75, 3.05) is 6.54 Å². The largest absolute Gasteiger partial charge is 0.357 e. The van der Waals surface area contributed by atoms with E-state index in [4.69, 9.17) is 0 Å². The Morgan fingerprint density at radius 1 is 1.38 bits per heavy atom. The van der Waals surface area contributed by atoms with Gasteiger partial charge in [-0.15, -0.1) is 0 Å². The molecule has 0 aliphatic carbocycles. The van der Waals surface area contributed by atoms with Gasteiger partial charge in [0.25, 0.3) is 0 Å². The lowest BCUT2D eigenvalue weighted by Gasteiger charge is -2.30. The van der Waals surface area contributed by atoms with Gasteiger partial charge in [0.1, 0.15) is 0 Å². The fraction of sp³-hybridized carbons (Fsp3) is 0.556. The minimum absolute atomic E-state index is 0.0192. The zero-order valence-corrected chi connectivity index (χ0v) is 14.8. The summed E-state index contributed by atoms with van der Waals surface area (Å²) < 4.78 is 1.99. The number of carbonyl (C=O) groups is 1. The van der Waals surface area contributed by atoms with Gasteiger partial charge in [-0.25, -0.2) is 4.79 Å². The Kier molecular flexibility index (Phi) is 4.92. The van der Waals surface area contributed by atoms with Crippen LogP contribution >= 0.6 is 0 Å². The summed E-state index contributed by atoms with van der Waals surface area (Å²) in [5.74, 6) is 0. The van der Waals surface area contributed by atoms with Gasteiger partial charge in [0, 0.05) is 43.8 Å². The van der Waals surface area contributed by atoms with Crippen LogP contribution in [0.2, 0.25) is 0 Å². The molecular weight excluding hydrogens is 302 g/mol. The molecule has 130 valence electrons. The average molecular weight is 329 g/mol. The number of urea groups is 1. The molecule has 1 fully saturated rings. The number of aromatic nitrogens is 3. The monoisotopic (exact) mass is 329 g/mol. The molecule has 0 unspecified atom stereocenters. The van der Waals surface area contributed by atoms with E-state index in [1.807, 2.05) is 48.8 Å². The summed E-state index contributed by atoms with van der Waals surface area (Å²) in [6, 6.07) is 2.16. The van der Waals surface area contributed by atoms with E-state index in [2.05, 4.69) is 15.5 Å². The number of amides is 2. The summed E-state index contributed by atoms with van der Waals surface area (Å²) in [6.07, 6.45) is 8.41. The Morgan fingerprint density at radius 2 is 2.21 bits per heavy atom. The Hall–Kier alpha value is -2.24. The molecule has 0 saturated carbocycles. The Balaban J connectivity index is 1.75. The number of aryl methyl sites for hydroxylation is 3. The molecule has 1 aliphatic rings. The van der Waals surface area contributed by atoms with Crippen LogP contribution in [0, 0.1) is 13.8 Å². The molecule has 0 radical (unpaired) electrons. The number of nitrogens with zero attached hydrogens (tertiary/aromatic N) is 3. The van der Waals surface area contributed by atoms with E-state index in [1.165, 1.54) is 12.0 Å². The summed E-state index contributed by atoms with van der Waals surface area (Å²) in [5.41, 5.74) is 4.38. The lowest BCUT2D eigenvalue weighted by Crippen LogP contribution is -2.42. The highest BCUT2D eigenvalue weighted by molar-refractivity contribution is 5.75. The molecule has 1 saturated heterocycles. The normalized spacial score (nSPS) is 18.5. The highest BCUT2D eigenvalue weighted by atomic mass is 16.2. The van der Waals surface area contributed by atoms with Crippen molar-refractivity contribution in [2.24, 2.45) is 7.05 Å². The lowest BCUT2D eigenvalue weighted by atomic mass is 9.99. The van der Waals surface area contributed by atoms with Gasteiger partial charge in [-0.05, 0) is 38.3 Å². The van der Waals surface area contributed by atoms with Gasteiger partial charge >= 0.3 is 6.03 Å². The maximum atomic E-state index is 12.8. The Labute approximate surface area is 143 Å². The van der Waals surface area contributed by atoms with Gasteiger partial charge in [-0.2, -0.15) is 5.10 Å². The van der Waals surface area contributed by atoms with Crippen molar-refractivity contribution in [1.82, 2.24) is 25.0 Å². The maximum Gasteiger partial charge on any atom is 0.318 e. The van der Waals surface area contributed by atoms with Crippen LogP contribution < -0.4 is 5.32 Å². The number of likely N-dealkylation sites (tertiary alicyclic amines) is 1. The van der Waals surface area contributed by atoms with Crippen LogP contribution in [0.15, 0.2) is 18.5 Å². The van der Waals surface area contributed by atoms with Crippen molar-refractivity contribution in [1.29, 1.82) is 0 Å². The van der Waals surface area contributed by atoms with Crippen LogP contribution in [0.3, 0.4) is 0 Å². The van der Waals surface area contributed by atoms with Gasteiger partial charge < -0.3 is 14.8 Å². The van der Waals surface area contributed by atoms with Crippen molar-refractivity contribution >= 4 is 6.03 Å². The highest BCUT2D eigenvalue weighted by Gasteiger charge is 2.30. The first-order valence-electron chi connectivity index (χ1n) is 8.73. The van der Waals surface area contributed by atoms with Gasteiger partial charge in [0.15, 0.2) is 0 Å². The molecule has 2 amide bonds. The maximum absolute atomic E-state index is 12.8. The molecule has 2 aromatic rings. The Morgan fingerprint density at radius 3 is 2.88 bits per heavy atom. The first kappa shape index (κ1) is 16.6. The second-order valence-electron chi connectivity index (χ2n) is 6.75. The summed E-state index contributed by atoms with van der Waals surface area (Å²) in [5, 5.41) is 10.5. The number of hydrogen-bond donors (Lipinski definition) is 2.